The molecule has 1 aliphatic rings. The number of nitrogens with zero attached hydrogens (tertiary/aromatic N) is 4. The molecule has 0 radical (unpaired) electrons. The summed E-state index contributed by atoms with van der Waals surface area (Å²) in [5.74, 6) is 0.287. The second-order valence-electron chi connectivity index (χ2n) is 7.86. The number of benzene rings is 1. The normalized spacial score (nSPS) is 14.6. The number of pyridine rings is 1. The van der Waals surface area contributed by atoms with Gasteiger partial charge in [0.1, 0.15) is 24.2 Å². The van der Waals surface area contributed by atoms with Crippen molar-refractivity contribution in [3.63, 3.8) is 0 Å². The Kier molecular flexibility index (Phi) is 5.88. The van der Waals surface area contributed by atoms with Crippen molar-refractivity contribution in [1.82, 2.24) is 19.2 Å². The van der Waals surface area contributed by atoms with E-state index < -0.39 is 0 Å². The molecule has 0 atom stereocenters. The van der Waals surface area contributed by atoms with Crippen LogP contribution in [0.2, 0.25) is 0 Å². The third-order valence-electron chi connectivity index (χ3n) is 5.68. The van der Waals surface area contributed by atoms with Crippen LogP contribution in [0.4, 0.5) is 4.39 Å². The van der Waals surface area contributed by atoms with Gasteiger partial charge in [-0.2, -0.15) is 5.10 Å². The van der Waals surface area contributed by atoms with Gasteiger partial charge in [-0.25, -0.2) is 4.39 Å². The van der Waals surface area contributed by atoms with Gasteiger partial charge in [-0.1, -0.05) is 12.1 Å². The standard InChI is InChI=1S/C23H25FN4O3/c1-16-11-21(12-22(29)26(16)2)31-20-7-9-27(10-8-20)23(30)15-28-14-18(13-25-28)17-3-5-19(24)6-4-17/h3-6,11-14,20H,7-10,15H2,1-2H3. The molecule has 1 aromatic carbocycles. The summed E-state index contributed by atoms with van der Waals surface area (Å²) in [5.41, 5.74) is 2.43. The molecule has 1 fully saturated rings. The number of rotatable bonds is 5. The lowest BCUT2D eigenvalue weighted by atomic mass is 10.1. The number of aromatic nitrogens is 3. The Labute approximate surface area is 179 Å². The maximum Gasteiger partial charge on any atom is 0.254 e. The van der Waals surface area contributed by atoms with Crippen molar-refractivity contribution in [1.29, 1.82) is 0 Å². The van der Waals surface area contributed by atoms with Crippen LogP contribution in [0.5, 0.6) is 5.75 Å². The van der Waals surface area contributed by atoms with Crippen molar-refractivity contribution >= 4 is 5.91 Å². The molecule has 8 heteroatoms. The van der Waals surface area contributed by atoms with Gasteiger partial charge in [0.15, 0.2) is 0 Å². The fourth-order valence-electron chi connectivity index (χ4n) is 3.70. The first-order valence-electron chi connectivity index (χ1n) is 10.3. The van der Waals surface area contributed by atoms with Crippen molar-refractivity contribution < 1.29 is 13.9 Å². The first-order chi connectivity index (χ1) is 14.9. The third kappa shape index (κ3) is 4.84. The van der Waals surface area contributed by atoms with Gasteiger partial charge < -0.3 is 14.2 Å². The van der Waals surface area contributed by atoms with Crippen molar-refractivity contribution in [2.75, 3.05) is 13.1 Å². The molecule has 1 amide bonds. The van der Waals surface area contributed by atoms with E-state index in [4.69, 9.17) is 4.74 Å². The zero-order valence-electron chi connectivity index (χ0n) is 17.6. The average Bonchev–Trinajstić information content (AvgIpc) is 3.21. The Hall–Kier alpha value is -3.42. The molecule has 4 rings (SSSR count). The van der Waals surface area contributed by atoms with E-state index in [1.165, 1.54) is 18.2 Å². The quantitative estimate of drug-likeness (QED) is 0.632. The maximum atomic E-state index is 13.1. The summed E-state index contributed by atoms with van der Waals surface area (Å²) >= 11 is 0. The van der Waals surface area contributed by atoms with E-state index in [0.29, 0.717) is 31.7 Å². The molecule has 31 heavy (non-hydrogen) atoms. The predicted octanol–water partition coefficient (Wildman–Crippen LogP) is 2.77. The maximum absolute atomic E-state index is 13.1. The minimum atomic E-state index is -0.288. The van der Waals surface area contributed by atoms with Crippen molar-refractivity contribution in [3.8, 4) is 16.9 Å². The highest BCUT2D eigenvalue weighted by Crippen LogP contribution is 2.20. The minimum Gasteiger partial charge on any atom is -0.490 e. The van der Waals surface area contributed by atoms with Gasteiger partial charge in [0.25, 0.3) is 5.56 Å². The number of hydrogen-bond acceptors (Lipinski definition) is 4. The van der Waals surface area contributed by atoms with Crippen LogP contribution in [0.15, 0.2) is 53.6 Å². The van der Waals surface area contributed by atoms with Crippen LogP contribution in [0.25, 0.3) is 11.1 Å². The first kappa shape index (κ1) is 20.8. The SMILES string of the molecule is Cc1cc(OC2CCN(C(=O)Cn3cc(-c4ccc(F)cc4)cn3)CC2)cc(=O)n1C. The van der Waals surface area contributed by atoms with E-state index in [1.54, 1.807) is 40.8 Å². The highest BCUT2D eigenvalue weighted by atomic mass is 19.1. The van der Waals surface area contributed by atoms with E-state index in [0.717, 1.165) is 16.8 Å². The lowest BCUT2D eigenvalue weighted by Gasteiger charge is -2.32. The summed E-state index contributed by atoms with van der Waals surface area (Å²) in [6.07, 6.45) is 4.86. The molecule has 2 aromatic heterocycles. The molecule has 1 saturated heterocycles. The highest BCUT2D eigenvalue weighted by molar-refractivity contribution is 5.76. The van der Waals surface area contributed by atoms with Crippen molar-refractivity contribution in [3.05, 3.63) is 70.7 Å². The molecule has 0 saturated carbocycles. The Morgan fingerprint density at radius 3 is 2.55 bits per heavy atom. The summed E-state index contributed by atoms with van der Waals surface area (Å²) < 4.78 is 22.3. The molecule has 3 heterocycles. The molecule has 7 nitrogen and oxygen atoms in total. The smallest absolute Gasteiger partial charge is 0.254 e. The molecule has 0 bridgehead atoms. The van der Waals surface area contributed by atoms with Crippen LogP contribution in [0.1, 0.15) is 18.5 Å². The van der Waals surface area contributed by atoms with Gasteiger partial charge in [0.2, 0.25) is 5.91 Å². The molecule has 0 N–H and O–H groups in total. The average molecular weight is 424 g/mol. The molecule has 162 valence electrons. The molecular formula is C23H25FN4O3. The predicted molar refractivity (Wildman–Crippen MR) is 114 cm³/mol. The molecule has 0 aliphatic carbocycles. The van der Waals surface area contributed by atoms with Gasteiger partial charge in [-0.05, 0) is 30.7 Å². The summed E-state index contributed by atoms with van der Waals surface area (Å²) in [4.78, 5) is 26.4. The van der Waals surface area contributed by atoms with E-state index in [1.807, 2.05) is 17.9 Å². The largest absolute Gasteiger partial charge is 0.490 e. The number of hydrogen-bond donors (Lipinski definition) is 0. The number of carbonyl (C=O) groups excluding carboxylic acids is 1. The number of carbonyl (C=O) groups is 1. The van der Waals surface area contributed by atoms with Crippen LogP contribution in [-0.2, 0) is 18.4 Å². The Bertz CT molecular complexity index is 1130. The molecule has 1 aliphatic heterocycles. The number of likely N-dealkylation sites (tertiary alicyclic amines) is 1. The number of amides is 1. The lowest BCUT2D eigenvalue weighted by molar-refractivity contribution is -0.133. The van der Waals surface area contributed by atoms with Crippen LogP contribution in [-0.4, -0.2) is 44.3 Å². The zero-order valence-corrected chi connectivity index (χ0v) is 17.6. The summed E-state index contributed by atoms with van der Waals surface area (Å²) in [7, 11) is 1.73. The van der Waals surface area contributed by atoms with Crippen LogP contribution in [0.3, 0.4) is 0 Å². The molecule has 0 unspecified atom stereocenters. The van der Waals surface area contributed by atoms with Crippen LogP contribution < -0.4 is 10.3 Å². The lowest BCUT2D eigenvalue weighted by Crippen LogP contribution is -2.43. The van der Waals surface area contributed by atoms with Gasteiger partial charge >= 0.3 is 0 Å². The van der Waals surface area contributed by atoms with Gasteiger partial charge in [-0.15, -0.1) is 0 Å². The van der Waals surface area contributed by atoms with Crippen molar-refractivity contribution in [2.24, 2.45) is 7.05 Å². The third-order valence-corrected chi connectivity index (χ3v) is 5.68. The van der Waals surface area contributed by atoms with E-state index in [-0.39, 0.29) is 29.9 Å². The fraction of sp³-hybridized carbons (Fsp3) is 0.348. The summed E-state index contributed by atoms with van der Waals surface area (Å²) in [6, 6.07) is 9.54. The van der Waals surface area contributed by atoms with Crippen LogP contribution in [0, 0.1) is 12.7 Å². The second-order valence-corrected chi connectivity index (χ2v) is 7.86. The number of aryl methyl sites for hydroxylation is 1. The van der Waals surface area contributed by atoms with Gasteiger partial charge in [0.05, 0.1) is 6.20 Å². The van der Waals surface area contributed by atoms with Crippen LogP contribution >= 0.6 is 0 Å². The van der Waals surface area contributed by atoms with E-state index in [9.17, 15) is 14.0 Å². The van der Waals surface area contributed by atoms with E-state index >= 15 is 0 Å². The summed E-state index contributed by atoms with van der Waals surface area (Å²) in [5, 5.41) is 4.26. The number of piperidine rings is 1. The second kappa shape index (κ2) is 8.75. The zero-order chi connectivity index (χ0) is 22.0. The molecular weight excluding hydrogens is 399 g/mol. The summed E-state index contributed by atoms with van der Waals surface area (Å²) in [6.45, 7) is 3.21. The Balaban J connectivity index is 1.30. The Morgan fingerprint density at radius 2 is 1.87 bits per heavy atom. The van der Waals surface area contributed by atoms with Crippen molar-refractivity contribution in [2.45, 2.75) is 32.4 Å². The van der Waals surface area contributed by atoms with Gasteiger partial charge in [-0.3, -0.25) is 14.3 Å². The minimum absolute atomic E-state index is 0.00312. The topological polar surface area (TPSA) is 69.4 Å². The Morgan fingerprint density at radius 1 is 1.16 bits per heavy atom. The van der Waals surface area contributed by atoms with Gasteiger partial charge in [0, 0.05) is 56.5 Å². The molecule has 0 spiro atoms. The molecule has 3 aromatic rings. The number of halogens is 1. The first-order valence-corrected chi connectivity index (χ1v) is 10.3. The highest BCUT2D eigenvalue weighted by Gasteiger charge is 2.24. The monoisotopic (exact) mass is 424 g/mol. The fourth-order valence-corrected chi connectivity index (χ4v) is 3.70. The van der Waals surface area contributed by atoms with E-state index in [2.05, 4.69) is 5.10 Å². The number of ether oxygens (including phenoxy) is 1.